The summed E-state index contributed by atoms with van der Waals surface area (Å²) in [6.45, 7) is 2.32. The van der Waals surface area contributed by atoms with Crippen molar-refractivity contribution in [3.63, 3.8) is 0 Å². The highest BCUT2D eigenvalue weighted by atomic mass is 16.6. The van der Waals surface area contributed by atoms with Gasteiger partial charge < -0.3 is 9.47 Å². The normalized spacial score (nSPS) is 64.1. The summed E-state index contributed by atoms with van der Waals surface area (Å²) in [7, 11) is 1.89. The van der Waals surface area contributed by atoms with Crippen molar-refractivity contribution in [1.29, 1.82) is 0 Å². The lowest BCUT2D eigenvalue weighted by atomic mass is 9.66. The van der Waals surface area contributed by atoms with Gasteiger partial charge in [-0.3, -0.25) is 0 Å². The number of hydrogen-bond donors (Lipinski definition) is 0. The smallest absolute Gasteiger partial charge is 0.106 e. The second kappa shape index (κ2) is 2.49. The van der Waals surface area contributed by atoms with Crippen molar-refractivity contribution in [2.24, 2.45) is 23.7 Å². The molecule has 15 heavy (non-hydrogen) atoms. The van der Waals surface area contributed by atoms with E-state index in [1.165, 1.54) is 12.8 Å². The van der Waals surface area contributed by atoms with Gasteiger partial charge in [0.25, 0.3) is 0 Å². The number of methoxy groups -OCH3 is 1. The minimum atomic E-state index is 0.0434. The molecule has 0 N–H and O–H groups in total. The molecular formula is C13H18O2. The number of fused-ring (bicyclic) bond motifs is 9. The molecule has 0 radical (unpaired) electrons. The molecule has 4 aliphatic rings. The summed E-state index contributed by atoms with van der Waals surface area (Å²) in [5.74, 6) is 2.69. The molecule has 2 aliphatic carbocycles. The second-order valence-corrected chi connectivity index (χ2v) is 5.78. The number of ether oxygens (including phenoxy) is 2. The Morgan fingerprint density at radius 1 is 1.33 bits per heavy atom. The van der Waals surface area contributed by atoms with E-state index in [2.05, 4.69) is 19.1 Å². The van der Waals surface area contributed by atoms with Gasteiger partial charge in [-0.25, -0.2) is 0 Å². The molecule has 2 nitrogen and oxygen atoms in total. The maximum atomic E-state index is 6.16. The summed E-state index contributed by atoms with van der Waals surface area (Å²) in [6, 6.07) is 0. The molecule has 0 amide bonds. The molecule has 2 aliphatic heterocycles. The van der Waals surface area contributed by atoms with E-state index in [1.807, 2.05) is 7.11 Å². The average Bonchev–Trinajstić information content (AvgIpc) is 2.92. The van der Waals surface area contributed by atoms with Crippen molar-refractivity contribution >= 4 is 0 Å². The first-order valence-corrected chi connectivity index (χ1v) is 6.16. The summed E-state index contributed by atoms with van der Waals surface area (Å²) in [5, 5.41) is 0. The third kappa shape index (κ3) is 0.753. The molecule has 0 aromatic heterocycles. The molecule has 2 heterocycles. The number of allylic oxidation sites excluding steroid dienone is 1. The zero-order chi connectivity index (χ0) is 10.2. The van der Waals surface area contributed by atoms with E-state index in [9.17, 15) is 0 Å². The predicted molar refractivity (Wildman–Crippen MR) is 56.4 cm³/mol. The largest absolute Gasteiger partial charge is 0.374 e. The Morgan fingerprint density at radius 3 is 3.00 bits per heavy atom. The van der Waals surface area contributed by atoms with Crippen molar-refractivity contribution in [2.45, 2.75) is 37.6 Å². The lowest BCUT2D eigenvalue weighted by Crippen LogP contribution is -2.54. The van der Waals surface area contributed by atoms with Crippen LogP contribution < -0.4 is 0 Å². The minimum Gasteiger partial charge on any atom is -0.374 e. The van der Waals surface area contributed by atoms with Crippen LogP contribution in [0.15, 0.2) is 12.2 Å². The molecule has 7 unspecified atom stereocenters. The maximum Gasteiger partial charge on any atom is 0.106 e. The van der Waals surface area contributed by atoms with Crippen molar-refractivity contribution in [3.8, 4) is 0 Å². The molecule has 2 heteroatoms. The van der Waals surface area contributed by atoms with Gasteiger partial charge in [-0.1, -0.05) is 19.1 Å². The van der Waals surface area contributed by atoms with Gasteiger partial charge in [-0.15, -0.1) is 0 Å². The fraction of sp³-hybridized carbons (Fsp3) is 0.846. The minimum absolute atomic E-state index is 0.0434. The highest BCUT2D eigenvalue weighted by molar-refractivity contribution is 5.29. The fourth-order valence-corrected chi connectivity index (χ4v) is 4.93. The molecule has 2 saturated heterocycles. The average molecular weight is 206 g/mol. The first-order valence-electron chi connectivity index (χ1n) is 6.16. The van der Waals surface area contributed by atoms with Crippen LogP contribution in [0.25, 0.3) is 0 Å². The van der Waals surface area contributed by atoms with Crippen LogP contribution in [0.3, 0.4) is 0 Å². The van der Waals surface area contributed by atoms with Crippen molar-refractivity contribution in [2.75, 3.05) is 7.11 Å². The lowest BCUT2D eigenvalue weighted by molar-refractivity contribution is -0.108. The van der Waals surface area contributed by atoms with Crippen LogP contribution in [0, 0.1) is 23.7 Å². The zero-order valence-corrected chi connectivity index (χ0v) is 9.35. The Hall–Kier alpha value is -0.340. The SMILES string of the molecule is COC12C3C=CC(C3)C1C1CC(C)C2O1. The van der Waals surface area contributed by atoms with E-state index in [0.717, 1.165) is 5.92 Å². The lowest BCUT2D eigenvalue weighted by Gasteiger charge is -2.43. The Labute approximate surface area is 90.6 Å². The van der Waals surface area contributed by atoms with Gasteiger partial charge in [-0.2, -0.15) is 0 Å². The molecule has 4 rings (SSSR count). The van der Waals surface area contributed by atoms with Crippen molar-refractivity contribution in [3.05, 3.63) is 12.2 Å². The quantitative estimate of drug-likeness (QED) is 0.611. The van der Waals surface area contributed by atoms with Gasteiger partial charge in [0, 0.05) is 18.9 Å². The molecule has 4 bridgehead atoms. The summed E-state index contributed by atoms with van der Waals surface area (Å²) >= 11 is 0. The Morgan fingerprint density at radius 2 is 2.20 bits per heavy atom. The first-order chi connectivity index (χ1) is 7.27. The predicted octanol–water partition coefficient (Wildman–Crippen LogP) is 2.00. The molecule has 3 fully saturated rings. The third-order valence-electron chi connectivity index (χ3n) is 5.32. The van der Waals surface area contributed by atoms with Gasteiger partial charge in [0.1, 0.15) is 5.60 Å². The molecule has 82 valence electrons. The van der Waals surface area contributed by atoms with Crippen LogP contribution in [0.5, 0.6) is 0 Å². The van der Waals surface area contributed by atoms with E-state index in [-0.39, 0.29) is 5.60 Å². The Balaban J connectivity index is 1.86. The van der Waals surface area contributed by atoms with Crippen LogP contribution >= 0.6 is 0 Å². The van der Waals surface area contributed by atoms with Crippen molar-refractivity contribution in [1.82, 2.24) is 0 Å². The number of hydrogen-bond acceptors (Lipinski definition) is 2. The van der Waals surface area contributed by atoms with Gasteiger partial charge in [0.2, 0.25) is 0 Å². The van der Waals surface area contributed by atoms with E-state index >= 15 is 0 Å². The topological polar surface area (TPSA) is 18.5 Å². The van der Waals surface area contributed by atoms with Crippen LogP contribution in [0.4, 0.5) is 0 Å². The van der Waals surface area contributed by atoms with E-state index in [4.69, 9.17) is 9.47 Å². The molecule has 0 spiro atoms. The van der Waals surface area contributed by atoms with Crippen LogP contribution in [-0.2, 0) is 9.47 Å². The van der Waals surface area contributed by atoms with E-state index < -0.39 is 0 Å². The standard InChI is InChI=1S/C13H18O2/c1-7-5-10-11-8-3-4-9(6-8)13(11,14-2)12(7)15-10/h3-4,7-12H,5-6H2,1-2H3. The first kappa shape index (κ1) is 8.77. The van der Waals surface area contributed by atoms with Gasteiger partial charge >= 0.3 is 0 Å². The highest BCUT2D eigenvalue weighted by Gasteiger charge is 2.71. The molecule has 1 saturated carbocycles. The highest BCUT2D eigenvalue weighted by Crippen LogP contribution is 2.65. The summed E-state index contributed by atoms with van der Waals surface area (Å²) in [4.78, 5) is 0. The Kier molecular flexibility index (Phi) is 1.46. The Bertz CT molecular complexity index is 337. The third-order valence-corrected chi connectivity index (χ3v) is 5.32. The van der Waals surface area contributed by atoms with Gasteiger partial charge in [0.15, 0.2) is 0 Å². The van der Waals surface area contributed by atoms with Gasteiger partial charge in [-0.05, 0) is 24.7 Å². The van der Waals surface area contributed by atoms with Crippen molar-refractivity contribution < 1.29 is 9.47 Å². The molecule has 0 aromatic carbocycles. The van der Waals surface area contributed by atoms with E-state index in [0.29, 0.717) is 30.0 Å². The van der Waals surface area contributed by atoms with Gasteiger partial charge in [0.05, 0.1) is 12.2 Å². The van der Waals surface area contributed by atoms with Crippen LogP contribution in [-0.4, -0.2) is 24.9 Å². The fourth-order valence-electron chi connectivity index (χ4n) is 4.93. The van der Waals surface area contributed by atoms with E-state index in [1.54, 1.807) is 0 Å². The molecule has 0 aromatic rings. The second-order valence-electron chi connectivity index (χ2n) is 5.78. The number of rotatable bonds is 1. The van der Waals surface area contributed by atoms with Crippen LogP contribution in [0.2, 0.25) is 0 Å². The summed E-state index contributed by atoms with van der Waals surface area (Å²) < 4.78 is 12.1. The molecule has 7 atom stereocenters. The zero-order valence-electron chi connectivity index (χ0n) is 9.35. The maximum absolute atomic E-state index is 6.16. The van der Waals surface area contributed by atoms with Crippen LogP contribution in [0.1, 0.15) is 19.8 Å². The summed E-state index contributed by atoms with van der Waals surface area (Å²) in [6.07, 6.45) is 8.17. The molecular weight excluding hydrogens is 188 g/mol. The monoisotopic (exact) mass is 206 g/mol. The summed E-state index contributed by atoms with van der Waals surface area (Å²) in [5.41, 5.74) is 0.0434.